The maximum absolute atomic E-state index is 11.3. The summed E-state index contributed by atoms with van der Waals surface area (Å²) in [6.45, 7) is -0.286. The lowest BCUT2D eigenvalue weighted by atomic mass is 10.3. The van der Waals surface area contributed by atoms with E-state index < -0.39 is 5.97 Å². The van der Waals surface area contributed by atoms with Crippen LogP contribution in [0, 0.1) is 0 Å². The van der Waals surface area contributed by atoms with Gasteiger partial charge >= 0.3 is 5.97 Å². The van der Waals surface area contributed by atoms with Gasteiger partial charge in [0.15, 0.2) is 5.82 Å². The van der Waals surface area contributed by atoms with Gasteiger partial charge in [0.2, 0.25) is 0 Å². The van der Waals surface area contributed by atoms with Crippen LogP contribution in [0.15, 0.2) is 16.8 Å². The third-order valence-corrected chi connectivity index (χ3v) is 2.63. The van der Waals surface area contributed by atoms with Crippen LogP contribution in [-0.4, -0.2) is 44.5 Å². The smallest absolute Gasteiger partial charge is 0.328 e. The Kier molecular flexibility index (Phi) is 3.78. The van der Waals surface area contributed by atoms with Gasteiger partial charge in [-0.1, -0.05) is 0 Å². The quantitative estimate of drug-likeness (QED) is 0.752. The molecule has 0 unspecified atom stereocenters. The van der Waals surface area contributed by atoms with Crippen LogP contribution >= 0.6 is 11.3 Å². The van der Waals surface area contributed by atoms with Gasteiger partial charge < -0.3 is 9.84 Å². The molecule has 2 aromatic rings. The Bertz CT molecular complexity index is 482. The minimum absolute atomic E-state index is 0.0191. The molecule has 0 saturated heterocycles. The van der Waals surface area contributed by atoms with Gasteiger partial charge in [-0.25, -0.2) is 4.68 Å². The fraction of sp³-hybridized carbons (Fsp3) is 0.333. The summed E-state index contributed by atoms with van der Waals surface area (Å²) < 4.78 is 6.10. The normalized spacial score (nSPS) is 10.4. The Hall–Kier alpha value is -1.80. The van der Waals surface area contributed by atoms with Gasteiger partial charge in [0.1, 0.15) is 13.2 Å². The average Bonchev–Trinajstić information content (AvgIpc) is 2.95. The van der Waals surface area contributed by atoms with Gasteiger partial charge in [-0.3, -0.25) is 4.79 Å². The first-order valence-electron chi connectivity index (χ1n) is 4.86. The highest BCUT2D eigenvalue weighted by atomic mass is 32.1. The van der Waals surface area contributed by atoms with Gasteiger partial charge in [-0.15, -0.1) is 5.10 Å². The lowest BCUT2D eigenvalue weighted by molar-refractivity contribution is -0.145. The Morgan fingerprint density at radius 2 is 2.47 bits per heavy atom. The van der Waals surface area contributed by atoms with Crippen molar-refractivity contribution in [2.45, 2.75) is 6.54 Å². The van der Waals surface area contributed by atoms with Crippen molar-refractivity contribution in [2.75, 3.05) is 13.2 Å². The summed E-state index contributed by atoms with van der Waals surface area (Å²) in [6.07, 6.45) is 0. The Labute approximate surface area is 101 Å². The van der Waals surface area contributed by atoms with E-state index in [2.05, 4.69) is 15.5 Å². The van der Waals surface area contributed by atoms with Crippen molar-refractivity contribution in [3.63, 3.8) is 0 Å². The molecular formula is C9H10N4O3S. The number of carbonyl (C=O) groups is 1. The maximum atomic E-state index is 11.3. The second kappa shape index (κ2) is 5.51. The minimum atomic E-state index is -0.483. The molecule has 0 saturated carbocycles. The predicted molar refractivity (Wildman–Crippen MR) is 59.2 cm³/mol. The van der Waals surface area contributed by atoms with E-state index in [1.54, 1.807) is 0 Å². The van der Waals surface area contributed by atoms with Gasteiger partial charge in [0, 0.05) is 10.9 Å². The van der Waals surface area contributed by atoms with Crippen molar-refractivity contribution < 1.29 is 14.6 Å². The molecule has 0 aliphatic carbocycles. The van der Waals surface area contributed by atoms with Crippen LogP contribution in [0.1, 0.15) is 0 Å². The molecule has 8 heteroatoms. The second-order valence-corrected chi connectivity index (χ2v) is 3.90. The number of ether oxygens (including phenoxy) is 1. The zero-order valence-corrected chi connectivity index (χ0v) is 9.63. The Morgan fingerprint density at radius 1 is 1.59 bits per heavy atom. The number of thiophene rings is 1. The molecule has 0 bridgehead atoms. The van der Waals surface area contributed by atoms with Gasteiger partial charge in [0.05, 0.1) is 6.61 Å². The molecule has 0 aliphatic heterocycles. The van der Waals surface area contributed by atoms with Crippen LogP contribution in [0.25, 0.3) is 11.4 Å². The minimum Gasteiger partial charge on any atom is -0.462 e. The summed E-state index contributed by atoms with van der Waals surface area (Å²) in [5.41, 5.74) is 0.856. The molecule has 0 fully saturated rings. The number of nitrogens with zero attached hydrogens (tertiary/aromatic N) is 4. The van der Waals surface area contributed by atoms with E-state index in [9.17, 15) is 4.79 Å². The van der Waals surface area contributed by atoms with Crippen molar-refractivity contribution >= 4 is 17.3 Å². The van der Waals surface area contributed by atoms with Crippen LogP contribution in [0.2, 0.25) is 0 Å². The molecule has 2 rings (SSSR count). The standard InChI is InChI=1S/C9H10N4O3S/c14-2-3-16-8(15)5-13-9(10-11-12-13)7-1-4-17-6-7/h1,4,6,14H,2-3,5H2. The third-order valence-electron chi connectivity index (χ3n) is 1.94. The van der Waals surface area contributed by atoms with Gasteiger partial charge in [-0.05, 0) is 21.9 Å². The van der Waals surface area contributed by atoms with E-state index in [0.717, 1.165) is 5.56 Å². The van der Waals surface area contributed by atoms with Crippen molar-refractivity contribution in [3.05, 3.63) is 16.8 Å². The molecule has 0 spiro atoms. The number of esters is 1. The first-order chi connectivity index (χ1) is 8.31. The van der Waals surface area contributed by atoms with E-state index in [1.165, 1.54) is 16.0 Å². The highest BCUT2D eigenvalue weighted by Gasteiger charge is 2.13. The molecule has 7 nitrogen and oxygen atoms in total. The van der Waals surface area contributed by atoms with Gasteiger partial charge in [0.25, 0.3) is 0 Å². The Balaban J connectivity index is 2.07. The lowest BCUT2D eigenvalue weighted by Gasteiger charge is -2.03. The van der Waals surface area contributed by atoms with Crippen molar-refractivity contribution in [3.8, 4) is 11.4 Å². The molecule has 1 N–H and O–H groups in total. The molecule has 0 radical (unpaired) electrons. The van der Waals surface area contributed by atoms with E-state index in [4.69, 9.17) is 9.84 Å². The van der Waals surface area contributed by atoms with E-state index >= 15 is 0 Å². The first kappa shape index (κ1) is 11.7. The number of hydrogen-bond acceptors (Lipinski definition) is 7. The lowest BCUT2D eigenvalue weighted by Crippen LogP contribution is -2.17. The topological polar surface area (TPSA) is 90.1 Å². The zero-order valence-electron chi connectivity index (χ0n) is 8.81. The van der Waals surface area contributed by atoms with E-state index in [1.807, 2.05) is 16.8 Å². The van der Waals surface area contributed by atoms with Crippen LogP contribution in [0.5, 0.6) is 0 Å². The summed E-state index contributed by atoms with van der Waals surface area (Å²) in [4.78, 5) is 11.3. The number of aliphatic hydroxyl groups excluding tert-OH is 1. The molecule has 2 heterocycles. The van der Waals surface area contributed by atoms with Crippen LogP contribution < -0.4 is 0 Å². The van der Waals surface area contributed by atoms with Gasteiger partial charge in [-0.2, -0.15) is 11.3 Å². The maximum Gasteiger partial charge on any atom is 0.328 e. The van der Waals surface area contributed by atoms with Crippen molar-refractivity contribution in [2.24, 2.45) is 0 Å². The zero-order chi connectivity index (χ0) is 12.1. The van der Waals surface area contributed by atoms with E-state index in [0.29, 0.717) is 5.82 Å². The SMILES string of the molecule is O=C(Cn1nnnc1-c1ccsc1)OCCO. The molecule has 0 atom stereocenters. The number of tetrazole rings is 1. The fourth-order valence-electron chi connectivity index (χ4n) is 1.24. The molecule has 0 aromatic carbocycles. The number of aliphatic hydroxyl groups is 1. The molecule has 0 aliphatic rings. The molecular weight excluding hydrogens is 244 g/mol. The van der Waals surface area contributed by atoms with E-state index in [-0.39, 0.29) is 19.8 Å². The number of hydrogen-bond donors (Lipinski definition) is 1. The highest BCUT2D eigenvalue weighted by molar-refractivity contribution is 7.08. The number of carbonyl (C=O) groups excluding carboxylic acids is 1. The summed E-state index contributed by atoms with van der Waals surface area (Å²) >= 11 is 1.52. The van der Waals surface area contributed by atoms with Crippen molar-refractivity contribution in [1.82, 2.24) is 20.2 Å². The van der Waals surface area contributed by atoms with Crippen LogP contribution in [0.4, 0.5) is 0 Å². The average molecular weight is 254 g/mol. The molecule has 17 heavy (non-hydrogen) atoms. The largest absolute Gasteiger partial charge is 0.462 e. The predicted octanol–water partition coefficient (Wildman–Crippen LogP) is -0.0629. The number of rotatable bonds is 5. The monoisotopic (exact) mass is 254 g/mol. The molecule has 2 aromatic heterocycles. The highest BCUT2D eigenvalue weighted by Crippen LogP contribution is 2.18. The number of aromatic nitrogens is 4. The second-order valence-electron chi connectivity index (χ2n) is 3.12. The van der Waals surface area contributed by atoms with Crippen LogP contribution in [0.3, 0.4) is 0 Å². The summed E-state index contributed by atoms with van der Waals surface area (Å²) in [5, 5.41) is 23.4. The van der Waals surface area contributed by atoms with Crippen LogP contribution in [-0.2, 0) is 16.1 Å². The first-order valence-corrected chi connectivity index (χ1v) is 5.81. The summed E-state index contributed by atoms with van der Waals surface area (Å²) in [7, 11) is 0. The fourth-order valence-corrected chi connectivity index (χ4v) is 1.87. The molecule has 90 valence electrons. The summed E-state index contributed by atoms with van der Waals surface area (Å²) in [5.74, 6) is 0.0371. The Morgan fingerprint density at radius 3 is 3.18 bits per heavy atom. The third kappa shape index (κ3) is 2.86. The van der Waals surface area contributed by atoms with Crippen molar-refractivity contribution in [1.29, 1.82) is 0 Å². The summed E-state index contributed by atoms with van der Waals surface area (Å²) in [6, 6.07) is 1.87. The molecule has 0 amide bonds.